The van der Waals surface area contributed by atoms with E-state index < -0.39 is 0 Å². The van der Waals surface area contributed by atoms with E-state index in [1.165, 1.54) is 18.7 Å². The molecule has 2 atom stereocenters. The molecule has 0 aromatic carbocycles. The number of aromatic nitrogens is 2. The standard InChI is InChI=1S/C13H25N3/c1-5-8-14-12(3)11(2)6-7-13-15-9-10-16(13)4/h9-12,14H,5-8H2,1-4H3. The van der Waals surface area contributed by atoms with Crippen molar-refractivity contribution in [1.29, 1.82) is 0 Å². The summed E-state index contributed by atoms with van der Waals surface area (Å²) in [6, 6.07) is 0.597. The van der Waals surface area contributed by atoms with E-state index in [2.05, 4.69) is 42.7 Å². The predicted octanol–water partition coefficient (Wildman–Crippen LogP) is 2.38. The van der Waals surface area contributed by atoms with E-state index in [9.17, 15) is 0 Å². The molecule has 92 valence electrons. The molecule has 1 aromatic rings. The van der Waals surface area contributed by atoms with Crippen molar-refractivity contribution < 1.29 is 0 Å². The molecule has 0 radical (unpaired) electrons. The normalized spacial score (nSPS) is 15.0. The molecule has 0 saturated heterocycles. The molecule has 2 unspecified atom stereocenters. The topological polar surface area (TPSA) is 29.9 Å². The molecule has 1 aromatic heterocycles. The first kappa shape index (κ1) is 13.2. The van der Waals surface area contributed by atoms with E-state index >= 15 is 0 Å². The average Bonchev–Trinajstić information content (AvgIpc) is 2.68. The van der Waals surface area contributed by atoms with Crippen LogP contribution >= 0.6 is 0 Å². The summed E-state index contributed by atoms with van der Waals surface area (Å²) in [7, 11) is 2.06. The van der Waals surface area contributed by atoms with Crippen LogP contribution in [-0.2, 0) is 13.5 Å². The fraction of sp³-hybridized carbons (Fsp3) is 0.769. The molecule has 1 heterocycles. The lowest BCUT2D eigenvalue weighted by atomic mass is 9.97. The van der Waals surface area contributed by atoms with Gasteiger partial charge in [-0.2, -0.15) is 0 Å². The van der Waals surface area contributed by atoms with Crippen molar-refractivity contribution in [1.82, 2.24) is 14.9 Å². The second kappa shape index (κ2) is 6.69. The molecule has 0 saturated carbocycles. The lowest BCUT2D eigenvalue weighted by molar-refractivity contribution is 0.377. The molecule has 0 aliphatic rings. The number of rotatable bonds is 7. The van der Waals surface area contributed by atoms with Crippen molar-refractivity contribution in [2.75, 3.05) is 6.54 Å². The van der Waals surface area contributed by atoms with Crippen LogP contribution in [0.15, 0.2) is 12.4 Å². The van der Waals surface area contributed by atoms with Gasteiger partial charge in [0.25, 0.3) is 0 Å². The second-order valence-electron chi connectivity index (χ2n) is 4.71. The highest BCUT2D eigenvalue weighted by molar-refractivity contribution is 4.91. The summed E-state index contributed by atoms with van der Waals surface area (Å²) in [4.78, 5) is 4.35. The molecule has 0 aliphatic heterocycles. The van der Waals surface area contributed by atoms with Gasteiger partial charge in [-0.3, -0.25) is 0 Å². The van der Waals surface area contributed by atoms with Gasteiger partial charge in [-0.25, -0.2) is 4.98 Å². The number of nitrogens with zero attached hydrogens (tertiary/aromatic N) is 2. The Morgan fingerprint density at radius 2 is 2.19 bits per heavy atom. The number of nitrogens with one attached hydrogen (secondary N) is 1. The van der Waals surface area contributed by atoms with Crippen LogP contribution in [0.25, 0.3) is 0 Å². The average molecular weight is 223 g/mol. The summed E-state index contributed by atoms with van der Waals surface area (Å²) in [5, 5.41) is 3.55. The highest BCUT2D eigenvalue weighted by Crippen LogP contribution is 2.11. The van der Waals surface area contributed by atoms with Gasteiger partial charge < -0.3 is 9.88 Å². The maximum absolute atomic E-state index is 4.35. The first-order valence-electron chi connectivity index (χ1n) is 6.34. The third-order valence-electron chi connectivity index (χ3n) is 3.31. The largest absolute Gasteiger partial charge is 0.338 e. The van der Waals surface area contributed by atoms with Crippen molar-refractivity contribution in [2.24, 2.45) is 13.0 Å². The van der Waals surface area contributed by atoms with Crippen molar-refractivity contribution in [3.8, 4) is 0 Å². The summed E-state index contributed by atoms with van der Waals surface area (Å²) in [5.74, 6) is 1.89. The maximum atomic E-state index is 4.35. The minimum absolute atomic E-state index is 0.597. The smallest absolute Gasteiger partial charge is 0.108 e. The summed E-state index contributed by atoms with van der Waals surface area (Å²) in [6.45, 7) is 7.92. The van der Waals surface area contributed by atoms with E-state index in [4.69, 9.17) is 0 Å². The summed E-state index contributed by atoms with van der Waals surface area (Å²) >= 11 is 0. The van der Waals surface area contributed by atoms with Crippen molar-refractivity contribution in [3.05, 3.63) is 18.2 Å². The van der Waals surface area contributed by atoms with Crippen LogP contribution in [0.1, 0.15) is 39.4 Å². The Morgan fingerprint density at radius 1 is 1.44 bits per heavy atom. The van der Waals surface area contributed by atoms with Crippen molar-refractivity contribution in [2.45, 2.75) is 46.1 Å². The Hall–Kier alpha value is -0.830. The van der Waals surface area contributed by atoms with E-state index in [-0.39, 0.29) is 0 Å². The van der Waals surface area contributed by atoms with Gasteiger partial charge in [-0.05, 0) is 32.2 Å². The van der Waals surface area contributed by atoms with Crippen LogP contribution < -0.4 is 5.32 Å². The highest BCUT2D eigenvalue weighted by atomic mass is 15.0. The number of hydrogen-bond donors (Lipinski definition) is 1. The fourth-order valence-corrected chi connectivity index (χ4v) is 1.82. The molecular weight excluding hydrogens is 198 g/mol. The summed E-state index contributed by atoms with van der Waals surface area (Å²) in [5.41, 5.74) is 0. The second-order valence-corrected chi connectivity index (χ2v) is 4.71. The van der Waals surface area contributed by atoms with Crippen LogP contribution in [0, 0.1) is 5.92 Å². The highest BCUT2D eigenvalue weighted by Gasteiger charge is 2.12. The van der Waals surface area contributed by atoms with Gasteiger partial charge in [0, 0.05) is 31.9 Å². The molecule has 0 aliphatic carbocycles. The van der Waals surface area contributed by atoms with Gasteiger partial charge >= 0.3 is 0 Å². The first-order chi connectivity index (χ1) is 7.65. The van der Waals surface area contributed by atoms with E-state index in [0.717, 1.165) is 13.0 Å². The van der Waals surface area contributed by atoms with E-state index in [1.807, 2.05) is 12.4 Å². The molecule has 16 heavy (non-hydrogen) atoms. The molecule has 3 heteroatoms. The Morgan fingerprint density at radius 3 is 2.75 bits per heavy atom. The zero-order valence-corrected chi connectivity index (χ0v) is 11.0. The Labute approximate surface area is 99.3 Å². The zero-order valence-electron chi connectivity index (χ0n) is 11.0. The van der Waals surface area contributed by atoms with Gasteiger partial charge in [0.2, 0.25) is 0 Å². The Balaban J connectivity index is 2.29. The molecule has 1 rings (SSSR count). The maximum Gasteiger partial charge on any atom is 0.108 e. The molecule has 0 bridgehead atoms. The van der Waals surface area contributed by atoms with Gasteiger partial charge in [0.1, 0.15) is 5.82 Å². The SMILES string of the molecule is CCCNC(C)C(C)CCc1nccn1C. The van der Waals surface area contributed by atoms with Gasteiger partial charge in [-0.1, -0.05) is 13.8 Å². The number of imidazole rings is 1. The summed E-state index contributed by atoms with van der Waals surface area (Å²) < 4.78 is 2.11. The predicted molar refractivity (Wildman–Crippen MR) is 68.4 cm³/mol. The lowest BCUT2D eigenvalue weighted by Gasteiger charge is -2.20. The molecule has 0 amide bonds. The van der Waals surface area contributed by atoms with Crippen LogP contribution in [-0.4, -0.2) is 22.1 Å². The van der Waals surface area contributed by atoms with Gasteiger partial charge in [0.15, 0.2) is 0 Å². The number of hydrogen-bond acceptors (Lipinski definition) is 2. The molecule has 0 fully saturated rings. The van der Waals surface area contributed by atoms with Crippen molar-refractivity contribution in [3.63, 3.8) is 0 Å². The third-order valence-corrected chi connectivity index (χ3v) is 3.31. The Kier molecular flexibility index (Phi) is 5.53. The molecule has 0 spiro atoms. The molecular formula is C13H25N3. The van der Waals surface area contributed by atoms with Crippen LogP contribution in [0.4, 0.5) is 0 Å². The van der Waals surface area contributed by atoms with Crippen LogP contribution in [0.2, 0.25) is 0 Å². The monoisotopic (exact) mass is 223 g/mol. The molecule has 3 nitrogen and oxygen atoms in total. The molecule has 1 N–H and O–H groups in total. The fourth-order valence-electron chi connectivity index (χ4n) is 1.82. The minimum atomic E-state index is 0.597. The van der Waals surface area contributed by atoms with E-state index in [0.29, 0.717) is 12.0 Å². The minimum Gasteiger partial charge on any atom is -0.338 e. The van der Waals surface area contributed by atoms with Crippen LogP contribution in [0.3, 0.4) is 0 Å². The lowest BCUT2D eigenvalue weighted by Crippen LogP contribution is -2.33. The van der Waals surface area contributed by atoms with Gasteiger partial charge in [-0.15, -0.1) is 0 Å². The quantitative estimate of drug-likeness (QED) is 0.769. The summed E-state index contributed by atoms with van der Waals surface area (Å²) in [6.07, 6.45) is 7.36. The third kappa shape index (κ3) is 3.97. The van der Waals surface area contributed by atoms with E-state index in [1.54, 1.807) is 0 Å². The van der Waals surface area contributed by atoms with Gasteiger partial charge in [0.05, 0.1) is 0 Å². The zero-order chi connectivity index (χ0) is 12.0. The Bertz CT molecular complexity index is 293. The number of aryl methyl sites for hydroxylation is 2. The van der Waals surface area contributed by atoms with Crippen LogP contribution in [0.5, 0.6) is 0 Å². The van der Waals surface area contributed by atoms with Crippen molar-refractivity contribution >= 4 is 0 Å². The first-order valence-corrected chi connectivity index (χ1v) is 6.34.